The van der Waals surface area contributed by atoms with Crippen molar-refractivity contribution in [3.63, 3.8) is 0 Å². The summed E-state index contributed by atoms with van der Waals surface area (Å²) in [7, 11) is -3.61. The number of aryl methyl sites for hydroxylation is 2. The van der Waals surface area contributed by atoms with Crippen LogP contribution in [0.5, 0.6) is 0 Å². The predicted molar refractivity (Wildman–Crippen MR) is 102 cm³/mol. The number of anilines is 2. The number of nitrogens with zero attached hydrogens (tertiary/aromatic N) is 1. The van der Waals surface area contributed by atoms with Crippen LogP contribution >= 0.6 is 11.3 Å². The van der Waals surface area contributed by atoms with Crippen molar-refractivity contribution >= 4 is 38.6 Å². The quantitative estimate of drug-likeness (QED) is 0.880. The molecule has 0 unspecified atom stereocenters. The molecule has 1 aliphatic rings. The molecule has 0 saturated carbocycles. The number of fused-ring (bicyclic) bond motifs is 1. The fourth-order valence-electron chi connectivity index (χ4n) is 2.94. The summed E-state index contributed by atoms with van der Waals surface area (Å²) in [5.41, 5.74) is 2.37. The summed E-state index contributed by atoms with van der Waals surface area (Å²) >= 11 is 1.24. The summed E-state index contributed by atoms with van der Waals surface area (Å²) in [6, 6.07) is 8.84. The molecule has 0 bridgehead atoms. The van der Waals surface area contributed by atoms with Gasteiger partial charge in [-0.05, 0) is 49.6 Å². The number of sulfonamides is 1. The number of thiophene rings is 1. The zero-order chi connectivity index (χ0) is 18.2. The van der Waals surface area contributed by atoms with Gasteiger partial charge in [0, 0.05) is 23.0 Å². The molecule has 0 spiro atoms. The van der Waals surface area contributed by atoms with Crippen LogP contribution in [0.15, 0.2) is 34.5 Å². The lowest BCUT2D eigenvalue weighted by Gasteiger charge is -2.31. The highest BCUT2D eigenvalue weighted by Crippen LogP contribution is 2.32. The van der Waals surface area contributed by atoms with Crippen molar-refractivity contribution in [2.45, 2.75) is 37.8 Å². The Hall–Kier alpha value is -1.86. The van der Waals surface area contributed by atoms with Crippen molar-refractivity contribution in [2.75, 3.05) is 16.2 Å². The zero-order valence-electron chi connectivity index (χ0n) is 14.6. The largest absolute Gasteiger partial charge is 0.312 e. The van der Waals surface area contributed by atoms with Gasteiger partial charge in [0.1, 0.15) is 4.21 Å². The van der Waals surface area contributed by atoms with Crippen molar-refractivity contribution < 1.29 is 13.2 Å². The first-order valence-corrected chi connectivity index (χ1v) is 10.6. The van der Waals surface area contributed by atoms with E-state index in [2.05, 4.69) is 4.72 Å². The summed E-state index contributed by atoms with van der Waals surface area (Å²) in [5.74, 6) is -0.0322. The van der Waals surface area contributed by atoms with Crippen LogP contribution in [-0.4, -0.2) is 20.9 Å². The molecule has 0 radical (unpaired) electrons. The van der Waals surface area contributed by atoms with E-state index in [9.17, 15) is 13.2 Å². The van der Waals surface area contributed by atoms with Crippen LogP contribution in [0.25, 0.3) is 0 Å². The number of nitrogens with one attached hydrogen (secondary N) is 1. The normalized spacial score (nSPS) is 14.5. The van der Waals surface area contributed by atoms with Gasteiger partial charge in [-0.25, -0.2) is 8.42 Å². The van der Waals surface area contributed by atoms with Crippen LogP contribution in [-0.2, 0) is 21.2 Å². The third-order valence-corrected chi connectivity index (χ3v) is 7.07. The molecule has 0 saturated heterocycles. The van der Waals surface area contributed by atoms with E-state index in [1.54, 1.807) is 29.2 Å². The maximum atomic E-state index is 12.5. The van der Waals surface area contributed by atoms with E-state index in [4.69, 9.17) is 0 Å². The van der Waals surface area contributed by atoms with E-state index in [0.717, 1.165) is 29.0 Å². The monoisotopic (exact) mass is 378 g/mol. The fourth-order valence-corrected chi connectivity index (χ4v) is 5.27. The lowest BCUT2D eigenvalue weighted by molar-refractivity contribution is -0.121. The van der Waals surface area contributed by atoms with Crippen molar-refractivity contribution in [1.29, 1.82) is 0 Å². The molecule has 0 fully saturated rings. The smallest absolute Gasteiger partial charge is 0.271 e. The number of hydrogen-bond acceptors (Lipinski definition) is 4. The maximum Gasteiger partial charge on any atom is 0.271 e. The highest BCUT2D eigenvalue weighted by atomic mass is 32.2. The van der Waals surface area contributed by atoms with Crippen molar-refractivity contribution in [2.24, 2.45) is 5.92 Å². The van der Waals surface area contributed by atoms with E-state index in [0.29, 0.717) is 12.2 Å². The van der Waals surface area contributed by atoms with Gasteiger partial charge < -0.3 is 4.90 Å². The molecular formula is C18H22N2O3S2. The lowest BCUT2D eigenvalue weighted by Crippen LogP contribution is -2.38. The van der Waals surface area contributed by atoms with Crippen molar-refractivity contribution in [3.8, 4) is 0 Å². The van der Waals surface area contributed by atoms with Crippen molar-refractivity contribution in [1.82, 2.24) is 0 Å². The summed E-state index contributed by atoms with van der Waals surface area (Å²) in [4.78, 5) is 15.2. The minimum Gasteiger partial charge on any atom is -0.312 e. The van der Waals surface area contributed by atoms with Gasteiger partial charge in [-0.15, -0.1) is 11.3 Å². The molecule has 1 aromatic heterocycles. The number of rotatable bonds is 4. The van der Waals surface area contributed by atoms with Gasteiger partial charge in [0.25, 0.3) is 10.0 Å². The lowest BCUT2D eigenvalue weighted by atomic mass is 9.99. The second-order valence-electron chi connectivity index (χ2n) is 6.56. The topological polar surface area (TPSA) is 66.5 Å². The zero-order valence-corrected chi connectivity index (χ0v) is 16.2. The SMILES string of the molecule is Cc1ccc(S(=O)(=O)Nc2ccc3c(c2)N(C(=O)C(C)C)CCC3)s1. The van der Waals surface area contributed by atoms with Crippen LogP contribution in [0, 0.1) is 12.8 Å². The first kappa shape index (κ1) is 17.9. The molecule has 134 valence electrons. The van der Waals surface area contributed by atoms with Gasteiger partial charge in [-0.1, -0.05) is 19.9 Å². The molecule has 2 aromatic rings. The van der Waals surface area contributed by atoms with E-state index < -0.39 is 10.0 Å². The number of amides is 1. The summed E-state index contributed by atoms with van der Waals surface area (Å²) in [6.45, 7) is 6.30. The number of carbonyl (C=O) groups is 1. The van der Waals surface area contributed by atoms with Gasteiger partial charge in [0.2, 0.25) is 5.91 Å². The van der Waals surface area contributed by atoms with Gasteiger partial charge in [0.15, 0.2) is 0 Å². The maximum absolute atomic E-state index is 12.5. The van der Waals surface area contributed by atoms with Crippen LogP contribution in [0.4, 0.5) is 11.4 Å². The molecule has 2 heterocycles. The molecule has 1 aromatic carbocycles. The second kappa shape index (κ2) is 6.80. The van der Waals surface area contributed by atoms with Crippen LogP contribution in [0.2, 0.25) is 0 Å². The average Bonchev–Trinajstić information content (AvgIpc) is 3.00. The Bertz CT molecular complexity index is 901. The van der Waals surface area contributed by atoms with E-state index in [1.807, 2.05) is 26.8 Å². The average molecular weight is 379 g/mol. The Morgan fingerprint density at radius 1 is 1.24 bits per heavy atom. The molecule has 3 rings (SSSR count). The van der Waals surface area contributed by atoms with Gasteiger partial charge in [-0.3, -0.25) is 9.52 Å². The fraction of sp³-hybridized carbons (Fsp3) is 0.389. The number of carbonyl (C=O) groups excluding carboxylic acids is 1. The van der Waals surface area contributed by atoms with Crippen LogP contribution in [0.3, 0.4) is 0 Å². The van der Waals surface area contributed by atoms with Crippen LogP contribution < -0.4 is 9.62 Å². The summed E-state index contributed by atoms with van der Waals surface area (Å²) < 4.78 is 28.0. The molecule has 25 heavy (non-hydrogen) atoms. The number of benzene rings is 1. The molecule has 5 nitrogen and oxygen atoms in total. The standard InChI is InChI=1S/C18H22N2O3S2/c1-12(2)18(21)20-10-4-5-14-7-8-15(11-16(14)20)19-25(22,23)17-9-6-13(3)24-17/h6-9,11-12,19H,4-5,10H2,1-3H3. The Morgan fingerprint density at radius 2 is 2.00 bits per heavy atom. The minimum atomic E-state index is -3.61. The number of hydrogen-bond donors (Lipinski definition) is 1. The first-order chi connectivity index (χ1) is 11.8. The Labute approximate surface area is 152 Å². The van der Waals surface area contributed by atoms with Gasteiger partial charge in [0.05, 0.1) is 5.69 Å². The molecule has 1 aliphatic heterocycles. The highest BCUT2D eigenvalue weighted by Gasteiger charge is 2.25. The summed E-state index contributed by atoms with van der Waals surface area (Å²) in [5, 5.41) is 0. The first-order valence-electron chi connectivity index (χ1n) is 8.31. The third kappa shape index (κ3) is 3.72. The minimum absolute atomic E-state index is 0.0647. The van der Waals surface area contributed by atoms with Crippen molar-refractivity contribution in [3.05, 3.63) is 40.8 Å². The predicted octanol–water partition coefficient (Wildman–Crippen LogP) is 3.79. The summed E-state index contributed by atoms with van der Waals surface area (Å²) in [6.07, 6.45) is 1.82. The molecule has 0 aliphatic carbocycles. The van der Waals surface area contributed by atoms with E-state index in [1.165, 1.54) is 11.3 Å². The molecule has 0 atom stereocenters. The highest BCUT2D eigenvalue weighted by molar-refractivity contribution is 7.94. The van der Waals surface area contributed by atoms with E-state index >= 15 is 0 Å². The Balaban J connectivity index is 1.92. The van der Waals surface area contributed by atoms with E-state index in [-0.39, 0.29) is 16.0 Å². The van der Waals surface area contributed by atoms with Gasteiger partial charge >= 0.3 is 0 Å². The molecule has 1 amide bonds. The Morgan fingerprint density at radius 3 is 2.64 bits per heavy atom. The Kier molecular flexibility index (Phi) is 4.88. The van der Waals surface area contributed by atoms with Crippen LogP contribution in [0.1, 0.15) is 30.7 Å². The van der Waals surface area contributed by atoms with Gasteiger partial charge in [-0.2, -0.15) is 0 Å². The molecule has 1 N–H and O–H groups in total. The molecular weight excluding hydrogens is 356 g/mol. The third-order valence-electron chi connectivity index (χ3n) is 4.20. The molecule has 7 heteroatoms. The second-order valence-corrected chi connectivity index (χ2v) is 9.76.